The van der Waals surface area contributed by atoms with Crippen LogP contribution in [0.3, 0.4) is 0 Å². The number of benzene rings is 2. The van der Waals surface area contributed by atoms with Crippen molar-refractivity contribution in [3.05, 3.63) is 56.9 Å². The zero-order chi connectivity index (χ0) is 24.1. The van der Waals surface area contributed by atoms with E-state index in [0.717, 1.165) is 10.0 Å². The van der Waals surface area contributed by atoms with Crippen LogP contribution < -0.4 is 9.47 Å². The molecule has 0 aromatic heterocycles. The fourth-order valence-electron chi connectivity index (χ4n) is 2.92. The number of aliphatic imine (C=N–C) groups is 1. The monoisotopic (exact) mass is 532 g/mol. The predicted molar refractivity (Wildman–Crippen MR) is 134 cm³/mol. The Morgan fingerprint density at radius 2 is 1.94 bits per heavy atom. The fraction of sp³-hybridized carbons (Fsp3) is 0.292. The molecule has 9 heteroatoms. The quantitative estimate of drug-likeness (QED) is 0.431. The van der Waals surface area contributed by atoms with E-state index in [9.17, 15) is 9.59 Å². The van der Waals surface area contributed by atoms with Crippen molar-refractivity contribution in [3.8, 4) is 11.5 Å². The highest BCUT2D eigenvalue weighted by atomic mass is 79.9. The summed E-state index contributed by atoms with van der Waals surface area (Å²) >= 11 is 4.82. The van der Waals surface area contributed by atoms with Crippen LogP contribution in [0.4, 0.5) is 5.69 Å². The molecule has 2 aromatic carbocycles. The Kier molecular flexibility index (Phi) is 8.20. The van der Waals surface area contributed by atoms with E-state index in [1.165, 1.54) is 28.8 Å². The maximum Gasteiger partial charge on any atom is 0.335 e. The van der Waals surface area contributed by atoms with Crippen LogP contribution in [0.2, 0.25) is 0 Å². The van der Waals surface area contributed by atoms with Crippen LogP contribution in [0.5, 0.6) is 11.5 Å². The van der Waals surface area contributed by atoms with Crippen molar-refractivity contribution >= 4 is 56.5 Å². The minimum Gasteiger partial charge on any atom is -0.490 e. The topological polar surface area (TPSA) is 88.4 Å². The van der Waals surface area contributed by atoms with Gasteiger partial charge in [0, 0.05) is 7.05 Å². The van der Waals surface area contributed by atoms with Gasteiger partial charge in [-0.15, -0.1) is 0 Å². The number of hydrogen-bond acceptors (Lipinski definition) is 6. The molecule has 0 saturated carbocycles. The fourth-order valence-corrected chi connectivity index (χ4v) is 4.48. The molecule has 0 radical (unpaired) electrons. The molecule has 1 fully saturated rings. The molecule has 0 bridgehead atoms. The number of aromatic carboxylic acids is 1. The summed E-state index contributed by atoms with van der Waals surface area (Å²) in [6, 6.07) is 9.92. The van der Waals surface area contributed by atoms with Gasteiger partial charge in [0.15, 0.2) is 16.7 Å². The van der Waals surface area contributed by atoms with Gasteiger partial charge in [0.25, 0.3) is 5.91 Å². The molecule has 1 heterocycles. The van der Waals surface area contributed by atoms with E-state index in [1.807, 2.05) is 19.1 Å². The lowest BCUT2D eigenvalue weighted by Crippen LogP contribution is -2.23. The van der Waals surface area contributed by atoms with Gasteiger partial charge in [0.05, 0.1) is 33.8 Å². The van der Waals surface area contributed by atoms with Gasteiger partial charge in [-0.25, -0.2) is 9.79 Å². The van der Waals surface area contributed by atoms with Crippen molar-refractivity contribution in [2.45, 2.75) is 20.8 Å². The molecule has 0 unspecified atom stereocenters. The largest absolute Gasteiger partial charge is 0.490 e. The average molecular weight is 533 g/mol. The standard InChI is InChI=1S/C24H25BrN2O5S/c1-5-31-19-11-15(10-18(25)21(19)32-13-14(2)3)12-20-22(28)27(4)24(33-20)26-17-8-6-16(7-9-17)23(29)30/h6-12,14H,5,13H2,1-4H3,(H,29,30)/b20-12+,26-24?. The normalized spacial score (nSPS) is 16.2. The number of rotatable bonds is 8. The van der Waals surface area contributed by atoms with Crippen LogP contribution in [-0.2, 0) is 4.79 Å². The van der Waals surface area contributed by atoms with E-state index in [0.29, 0.717) is 46.4 Å². The van der Waals surface area contributed by atoms with Crippen molar-refractivity contribution in [2.24, 2.45) is 10.9 Å². The van der Waals surface area contributed by atoms with Crippen LogP contribution in [0.15, 0.2) is 50.8 Å². The van der Waals surface area contributed by atoms with Gasteiger partial charge in [-0.3, -0.25) is 9.69 Å². The zero-order valence-corrected chi connectivity index (χ0v) is 21.2. The number of amidine groups is 1. The molecule has 3 rings (SSSR count). The SMILES string of the molecule is CCOc1cc(/C=C2/SC(=Nc3ccc(C(=O)O)cc3)N(C)C2=O)cc(Br)c1OCC(C)C. The number of ether oxygens (including phenoxy) is 2. The van der Waals surface area contributed by atoms with E-state index >= 15 is 0 Å². The van der Waals surface area contributed by atoms with Crippen molar-refractivity contribution < 1.29 is 24.2 Å². The molecule has 2 aromatic rings. The number of carboxylic acids is 1. The zero-order valence-electron chi connectivity index (χ0n) is 18.8. The van der Waals surface area contributed by atoms with Crippen molar-refractivity contribution in [1.82, 2.24) is 4.90 Å². The van der Waals surface area contributed by atoms with Crippen LogP contribution in [0.1, 0.15) is 36.7 Å². The highest BCUT2D eigenvalue weighted by molar-refractivity contribution is 9.10. The summed E-state index contributed by atoms with van der Waals surface area (Å²) in [5, 5.41) is 9.54. The first-order chi connectivity index (χ1) is 15.7. The Hall–Kier alpha value is -2.78. The lowest BCUT2D eigenvalue weighted by Gasteiger charge is -2.16. The van der Waals surface area contributed by atoms with Crippen molar-refractivity contribution in [3.63, 3.8) is 0 Å². The van der Waals surface area contributed by atoms with Crippen molar-refractivity contribution in [1.29, 1.82) is 0 Å². The molecule has 0 aliphatic carbocycles. The number of amides is 1. The molecule has 174 valence electrons. The first-order valence-corrected chi connectivity index (χ1v) is 12.0. The van der Waals surface area contributed by atoms with E-state index in [1.54, 1.807) is 25.3 Å². The van der Waals surface area contributed by atoms with Crippen LogP contribution in [0, 0.1) is 5.92 Å². The van der Waals surface area contributed by atoms with Gasteiger partial charge in [0.1, 0.15) is 0 Å². The number of nitrogens with zero attached hydrogens (tertiary/aromatic N) is 2. The molecular formula is C24H25BrN2O5S. The average Bonchev–Trinajstić information content (AvgIpc) is 3.01. The first-order valence-electron chi connectivity index (χ1n) is 10.4. The third-order valence-electron chi connectivity index (χ3n) is 4.53. The Morgan fingerprint density at radius 3 is 2.55 bits per heavy atom. The van der Waals surface area contributed by atoms with Crippen LogP contribution >= 0.6 is 27.7 Å². The smallest absolute Gasteiger partial charge is 0.335 e. The first kappa shape index (κ1) is 24.9. The number of hydrogen-bond donors (Lipinski definition) is 1. The molecule has 7 nitrogen and oxygen atoms in total. The highest BCUT2D eigenvalue weighted by Crippen LogP contribution is 2.39. The minimum atomic E-state index is -1.000. The van der Waals surface area contributed by atoms with Crippen LogP contribution in [0.25, 0.3) is 6.08 Å². The number of thioether (sulfide) groups is 1. The minimum absolute atomic E-state index is 0.171. The summed E-state index contributed by atoms with van der Waals surface area (Å²) in [5.41, 5.74) is 1.54. The second-order valence-electron chi connectivity index (χ2n) is 7.69. The van der Waals surface area contributed by atoms with E-state index in [-0.39, 0.29) is 11.5 Å². The summed E-state index contributed by atoms with van der Waals surface area (Å²) < 4.78 is 12.4. The number of carbonyl (C=O) groups is 2. The molecule has 1 N–H and O–H groups in total. The summed E-state index contributed by atoms with van der Waals surface area (Å²) in [6.07, 6.45) is 1.79. The molecule has 1 amide bonds. The molecular weight excluding hydrogens is 508 g/mol. The lowest BCUT2D eigenvalue weighted by atomic mass is 10.1. The number of carbonyl (C=O) groups excluding carboxylic acids is 1. The number of halogens is 1. The highest BCUT2D eigenvalue weighted by Gasteiger charge is 2.30. The van der Waals surface area contributed by atoms with Gasteiger partial charge in [-0.2, -0.15) is 0 Å². The van der Waals surface area contributed by atoms with Gasteiger partial charge in [0.2, 0.25) is 0 Å². The lowest BCUT2D eigenvalue weighted by molar-refractivity contribution is -0.121. The van der Waals surface area contributed by atoms with Gasteiger partial charge >= 0.3 is 5.97 Å². The number of carboxylic acid groups (broad SMARTS) is 1. The van der Waals surface area contributed by atoms with E-state index in [2.05, 4.69) is 34.8 Å². The Morgan fingerprint density at radius 1 is 1.24 bits per heavy atom. The van der Waals surface area contributed by atoms with E-state index < -0.39 is 5.97 Å². The third-order valence-corrected chi connectivity index (χ3v) is 6.18. The molecule has 1 aliphatic rings. The second kappa shape index (κ2) is 10.9. The summed E-state index contributed by atoms with van der Waals surface area (Å²) in [6.45, 7) is 7.10. The molecule has 33 heavy (non-hydrogen) atoms. The molecule has 1 saturated heterocycles. The van der Waals surface area contributed by atoms with Gasteiger partial charge < -0.3 is 14.6 Å². The molecule has 1 aliphatic heterocycles. The van der Waals surface area contributed by atoms with Gasteiger partial charge in [-0.05, 0) is 88.6 Å². The maximum atomic E-state index is 12.8. The molecule has 0 atom stereocenters. The van der Waals surface area contributed by atoms with Crippen molar-refractivity contribution in [2.75, 3.05) is 20.3 Å². The second-order valence-corrected chi connectivity index (χ2v) is 9.55. The number of likely N-dealkylation sites (N-methyl/N-ethyl adjacent to an activating group) is 1. The van der Waals surface area contributed by atoms with E-state index in [4.69, 9.17) is 14.6 Å². The van der Waals surface area contributed by atoms with Gasteiger partial charge in [-0.1, -0.05) is 13.8 Å². The summed E-state index contributed by atoms with van der Waals surface area (Å²) in [5.74, 6) is 0.447. The summed E-state index contributed by atoms with van der Waals surface area (Å²) in [7, 11) is 1.66. The Bertz CT molecular complexity index is 1110. The summed E-state index contributed by atoms with van der Waals surface area (Å²) in [4.78, 5) is 30.3. The maximum absolute atomic E-state index is 12.8. The molecule has 0 spiro atoms. The Labute approximate surface area is 205 Å². The van der Waals surface area contributed by atoms with Crippen LogP contribution in [-0.4, -0.2) is 47.3 Å². The third kappa shape index (κ3) is 6.17. The predicted octanol–water partition coefficient (Wildman–Crippen LogP) is 5.81. The Balaban J connectivity index is 1.88.